The van der Waals surface area contributed by atoms with Gasteiger partial charge in [-0.05, 0) is 24.6 Å². The quantitative estimate of drug-likeness (QED) is 0.255. The van der Waals surface area contributed by atoms with Crippen molar-refractivity contribution in [2.75, 3.05) is 6.54 Å². The number of nitrogens with two attached hydrogens (primary N) is 1. The molecule has 0 fully saturated rings. The second-order valence-electron chi connectivity index (χ2n) is 4.19. The van der Waals surface area contributed by atoms with Crippen LogP contribution in [-0.2, 0) is 0 Å². The van der Waals surface area contributed by atoms with E-state index in [0.717, 1.165) is 17.6 Å². The topological polar surface area (TPSA) is 122 Å². The summed E-state index contributed by atoms with van der Waals surface area (Å²) in [7, 11) is 0. The van der Waals surface area contributed by atoms with E-state index in [9.17, 15) is 0 Å². The molecule has 0 spiro atoms. The number of nitrogens with zero attached hydrogens (tertiary/aromatic N) is 2. The van der Waals surface area contributed by atoms with Crippen LogP contribution in [0.3, 0.4) is 0 Å². The molecular formula is C13H17ClN6O. The second kappa shape index (κ2) is 8.01. The van der Waals surface area contributed by atoms with Crippen molar-refractivity contribution >= 4 is 29.7 Å². The van der Waals surface area contributed by atoms with E-state index in [-0.39, 0.29) is 12.6 Å². The Morgan fingerprint density at radius 1 is 1.52 bits per heavy atom. The van der Waals surface area contributed by atoms with Gasteiger partial charge in [0.05, 0.1) is 11.6 Å². The first-order chi connectivity index (χ1) is 10.0. The summed E-state index contributed by atoms with van der Waals surface area (Å²) in [5.41, 5.74) is 13.6. The van der Waals surface area contributed by atoms with Gasteiger partial charge in [0.2, 0.25) is 0 Å². The summed E-state index contributed by atoms with van der Waals surface area (Å²) in [6.07, 6.45) is 3.08. The van der Waals surface area contributed by atoms with E-state index in [2.05, 4.69) is 5.22 Å². The molecule has 0 aliphatic rings. The van der Waals surface area contributed by atoms with Crippen molar-refractivity contribution in [1.29, 1.82) is 16.3 Å². The SMILES string of the molecule is C[C@@H](CN(C=N)N=N)Oc1cc(/C(C=N)=C/N)ccc1Cl. The van der Waals surface area contributed by atoms with Gasteiger partial charge in [-0.25, -0.2) is 5.01 Å². The molecule has 1 atom stereocenters. The van der Waals surface area contributed by atoms with Crippen LogP contribution in [0, 0.1) is 16.3 Å². The first-order valence-electron chi connectivity index (χ1n) is 6.09. The summed E-state index contributed by atoms with van der Waals surface area (Å²) < 4.78 is 5.70. The van der Waals surface area contributed by atoms with Crippen LogP contribution in [0.1, 0.15) is 12.5 Å². The molecule has 0 aromatic heterocycles. The molecule has 0 aliphatic carbocycles. The summed E-state index contributed by atoms with van der Waals surface area (Å²) in [6, 6.07) is 5.09. The molecule has 0 heterocycles. The van der Waals surface area contributed by atoms with Crippen LogP contribution in [-0.4, -0.2) is 30.2 Å². The molecule has 112 valence electrons. The van der Waals surface area contributed by atoms with Crippen LogP contribution in [0.2, 0.25) is 5.02 Å². The minimum Gasteiger partial charge on any atom is -0.487 e. The molecule has 0 radical (unpaired) electrons. The standard InChI is InChI=1S/C13H17ClN6O/c1-9(7-20(8-17)19-18)21-13-4-10(2-3-12(13)14)11(5-15)6-16/h2-6,8-9,15,17-18H,7,16H2,1H3/b11-6+,15-5?,17-8?,19-18?/t9-/m0/s1. The molecule has 0 saturated carbocycles. The van der Waals surface area contributed by atoms with Gasteiger partial charge in [-0.3, -0.25) is 5.41 Å². The lowest BCUT2D eigenvalue weighted by Gasteiger charge is -2.19. The number of benzene rings is 1. The zero-order valence-electron chi connectivity index (χ0n) is 11.5. The Kier molecular flexibility index (Phi) is 6.35. The summed E-state index contributed by atoms with van der Waals surface area (Å²) in [5, 5.41) is 19.1. The molecule has 0 aliphatic heterocycles. The molecule has 0 bridgehead atoms. The second-order valence-corrected chi connectivity index (χ2v) is 4.60. The Hall–Kier alpha value is -2.41. The molecule has 21 heavy (non-hydrogen) atoms. The van der Waals surface area contributed by atoms with E-state index < -0.39 is 0 Å². The lowest BCUT2D eigenvalue weighted by Crippen LogP contribution is -2.28. The maximum atomic E-state index is 7.29. The van der Waals surface area contributed by atoms with Crippen LogP contribution in [0.4, 0.5) is 0 Å². The Labute approximate surface area is 127 Å². The lowest BCUT2D eigenvalue weighted by atomic mass is 10.1. The highest BCUT2D eigenvalue weighted by molar-refractivity contribution is 6.32. The molecule has 1 rings (SSSR count). The summed E-state index contributed by atoms with van der Waals surface area (Å²) in [6.45, 7) is 2.03. The molecule has 7 nitrogen and oxygen atoms in total. The highest BCUT2D eigenvalue weighted by atomic mass is 35.5. The summed E-state index contributed by atoms with van der Waals surface area (Å²) in [4.78, 5) is 0. The van der Waals surface area contributed by atoms with Crippen molar-refractivity contribution in [3.8, 4) is 5.75 Å². The van der Waals surface area contributed by atoms with Gasteiger partial charge < -0.3 is 15.9 Å². The zero-order chi connectivity index (χ0) is 15.8. The Bertz CT molecular complexity index is 552. The molecule has 5 N–H and O–H groups in total. The van der Waals surface area contributed by atoms with Crippen LogP contribution in [0.15, 0.2) is 29.6 Å². The molecule has 1 aromatic rings. The highest BCUT2D eigenvalue weighted by Crippen LogP contribution is 2.28. The smallest absolute Gasteiger partial charge is 0.139 e. The third kappa shape index (κ3) is 4.57. The van der Waals surface area contributed by atoms with Gasteiger partial charge in [0.25, 0.3) is 0 Å². The Morgan fingerprint density at radius 3 is 2.76 bits per heavy atom. The van der Waals surface area contributed by atoms with Crippen molar-refractivity contribution in [2.24, 2.45) is 11.0 Å². The number of allylic oxidation sites excluding steroid dienone is 1. The van der Waals surface area contributed by atoms with E-state index in [1.165, 1.54) is 6.20 Å². The number of hydrogen-bond donors (Lipinski definition) is 4. The Morgan fingerprint density at radius 2 is 2.24 bits per heavy atom. The fourth-order valence-electron chi connectivity index (χ4n) is 1.64. The minimum absolute atomic E-state index is 0.248. The maximum absolute atomic E-state index is 7.29. The molecule has 8 heteroatoms. The van der Waals surface area contributed by atoms with E-state index >= 15 is 0 Å². The van der Waals surface area contributed by atoms with Crippen molar-refractivity contribution in [3.63, 3.8) is 0 Å². The van der Waals surface area contributed by atoms with Gasteiger partial charge in [-0.1, -0.05) is 22.9 Å². The van der Waals surface area contributed by atoms with Gasteiger partial charge in [0, 0.05) is 18.0 Å². The number of rotatable bonds is 8. The predicted molar refractivity (Wildman–Crippen MR) is 83.1 cm³/mol. The van der Waals surface area contributed by atoms with Crippen LogP contribution >= 0.6 is 11.6 Å². The molecule has 0 saturated heterocycles. The first-order valence-corrected chi connectivity index (χ1v) is 6.47. The number of halogens is 1. The third-order valence-corrected chi connectivity index (χ3v) is 2.96. The van der Waals surface area contributed by atoms with Crippen molar-refractivity contribution in [1.82, 2.24) is 5.01 Å². The largest absolute Gasteiger partial charge is 0.487 e. The highest BCUT2D eigenvalue weighted by Gasteiger charge is 2.12. The van der Waals surface area contributed by atoms with Crippen LogP contribution < -0.4 is 10.5 Å². The van der Waals surface area contributed by atoms with Crippen LogP contribution in [0.25, 0.3) is 5.57 Å². The predicted octanol–water partition coefficient (Wildman–Crippen LogP) is 2.91. The fraction of sp³-hybridized carbons (Fsp3) is 0.231. The number of nitrogens with one attached hydrogen (secondary N) is 3. The monoisotopic (exact) mass is 308 g/mol. The van der Waals surface area contributed by atoms with Gasteiger partial charge in [-0.2, -0.15) is 5.53 Å². The zero-order valence-corrected chi connectivity index (χ0v) is 12.3. The first kappa shape index (κ1) is 16.6. The maximum Gasteiger partial charge on any atom is 0.139 e. The average Bonchev–Trinajstić information content (AvgIpc) is 2.49. The van der Waals surface area contributed by atoms with E-state index in [0.29, 0.717) is 21.9 Å². The average molecular weight is 309 g/mol. The van der Waals surface area contributed by atoms with Crippen LogP contribution in [0.5, 0.6) is 5.75 Å². The number of ether oxygens (including phenoxy) is 1. The third-order valence-electron chi connectivity index (χ3n) is 2.65. The van der Waals surface area contributed by atoms with E-state index in [4.69, 9.17) is 38.4 Å². The lowest BCUT2D eigenvalue weighted by molar-refractivity contribution is 0.181. The fourth-order valence-corrected chi connectivity index (χ4v) is 1.80. The van der Waals surface area contributed by atoms with Gasteiger partial charge >= 0.3 is 0 Å². The number of hydrogen-bond acceptors (Lipinski definition) is 6. The summed E-state index contributed by atoms with van der Waals surface area (Å²) in [5.74, 6) is 0.442. The molecule has 1 aromatic carbocycles. The Balaban J connectivity index is 2.92. The van der Waals surface area contributed by atoms with Gasteiger partial charge in [-0.15, -0.1) is 0 Å². The molecule has 0 amide bonds. The van der Waals surface area contributed by atoms with E-state index in [1.807, 2.05) is 0 Å². The normalized spacial score (nSPS) is 12.4. The van der Waals surface area contributed by atoms with Crippen molar-refractivity contribution in [3.05, 3.63) is 35.0 Å². The molecular weight excluding hydrogens is 292 g/mol. The van der Waals surface area contributed by atoms with E-state index in [1.54, 1.807) is 25.1 Å². The summed E-state index contributed by atoms with van der Waals surface area (Å²) >= 11 is 6.08. The van der Waals surface area contributed by atoms with Crippen molar-refractivity contribution in [2.45, 2.75) is 13.0 Å². The minimum atomic E-state index is -0.335. The van der Waals surface area contributed by atoms with Crippen molar-refractivity contribution < 1.29 is 4.74 Å². The molecule has 0 unspecified atom stereocenters. The van der Waals surface area contributed by atoms with Gasteiger partial charge in [0.1, 0.15) is 18.2 Å². The van der Waals surface area contributed by atoms with Gasteiger partial charge in [0.15, 0.2) is 0 Å².